The number of aromatic nitrogens is 3. The number of aromatic amines is 1. The summed E-state index contributed by atoms with van der Waals surface area (Å²) < 4.78 is 7.23. The molecule has 122 valence electrons. The summed E-state index contributed by atoms with van der Waals surface area (Å²) in [5.74, 6) is 1.17. The second-order valence-corrected chi connectivity index (χ2v) is 5.38. The Morgan fingerprint density at radius 3 is 2.12 bits per heavy atom. The van der Waals surface area contributed by atoms with Crippen molar-refractivity contribution in [2.75, 3.05) is 0 Å². The van der Waals surface area contributed by atoms with Crippen LogP contribution in [0.3, 0.4) is 0 Å². The van der Waals surface area contributed by atoms with Crippen molar-refractivity contribution in [1.82, 2.24) is 14.5 Å². The van der Waals surface area contributed by atoms with Crippen LogP contribution in [-0.2, 0) is 0 Å². The molecule has 0 saturated carbocycles. The maximum Gasteiger partial charge on any atom is 0.334 e. The fraction of sp³-hybridized carbons (Fsp3) is 0. The van der Waals surface area contributed by atoms with Gasteiger partial charge >= 0.3 is 5.69 Å². The lowest BCUT2D eigenvalue weighted by Gasteiger charge is -2.03. The van der Waals surface area contributed by atoms with Crippen LogP contribution in [0.2, 0.25) is 0 Å². The Kier molecular flexibility index (Phi) is 3.63. The minimum Gasteiger partial charge on any atom is -0.434 e. The number of nitrogens with zero attached hydrogens (tertiary/aromatic N) is 2. The normalized spacial score (nSPS) is 10.7. The van der Waals surface area contributed by atoms with E-state index in [2.05, 4.69) is 9.97 Å². The van der Waals surface area contributed by atoms with E-state index in [9.17, 15) is 9.59 Å². The highest BCUT2D eigenvalue weighted by molar-refractivity contribution is 5.68. The Bertz CT molecular complexity index is 1130. The molecule has 0 atom stereocenters. The highest BCUT2D eigenvalue weighted by atomic mass is 16.4. The molecule has 0 spiro atoms. The molecule has 0 bridgehead atoms. The highest BCUT2D eigenvalue weighted by Gasteiger charge is 2.18. The quantitative estimate of drug-likeness (QED) is 0.626. The van der Waals surface area contributed by atoms with Crippen molar-refractivity contribution in [3.05, 3.63) is 93.8 Å². The van der Waals surface area contributed by atoms with Gasteiger partial charge in [0.2, 0.25) is 5.89 Å². The molecule has 0 saturated heterocycles. The lowest BCUT2D eigenvalue weighted by Crippen LogP contribution is -2.27. The van der Waals surface area contributed by atoms with Crippen molar-refractivity contribution in [1.29, 1.82) is 0 Å². The van der Waals surface area contributed by atoms with Crippen LogP contribution in [0.25, 0.3) is 28.6 Å². The Hall–Kier alpha value is -3.67. The van der Waals surface area contributed by atoms with Crippen LogP contribution in [0.1, 0.15) is 0 Å². The number of H-pyrrole nitrogens is 1. The van der Waals surface area contributed by atoms with Gasteiger partial charge in [0.25, 0.3) is 5.56 Å². The first-order chi connectivity index (χ1) is 12.2. The molecular formula is C19H13N3O3. The SMILES string of the molecule is O=c1ccn(-c2nc(-c3ccccc3)oc2-c2ccccc2)c(=O)[nH]1. The topological polar surface area (TPSA) is 80.9 Å². The van der Waals surface area contributed by atoms with E-state index in [0.717, 1.165) is 11.1 Å². The molecule has 4 aromatic rings. The van der Waals surface area contributed by atoms with Crippen molar-refractivity contribution < 1.29 is 4.42 Å². The standard InChI is InChI=1S/C19H13N3O3/c23-15-11-12-22(19(24)20-15)17-16(13-7-3-1-4-8-13)25-18(21-17)14-9-5-2-6-10-14/h1-12H,(H,20,23,24). The van der Waals surface area contributed by atoms with Crippen LogP contribution in [0.4, 0.5) is 0 Å². The van der Waals surface area contributed by atoms with Gasteiger partial charge in [0.05, 0.1) is 0 Å². The molecule has 0 unspecified atom stereocenters. The third-order valence-electron chi connectivity index (χ3n) is 3.72. The van der Waals surface area contributed by atoms with Crippen LogP contribution in [0.15, 0.2) is 86.9 Å². The zero-order chi connectivity index (χ0) is 17.2. The second-order valence-electron chi connectivity index (χ2n) is 5.38. The summed E-state index contributed by atoms with van der Waals surface area (Å²) in [5.41, 5.74) is 0.542. The first-order valence-corrected chi connectivity index (χ1v) is 7.66. The van der Waals surface area contributed by atoms with E-state index in [1.54, 1.807) is 0 Å². The van der Waals surface area contributed by atoms with Gasteiger partial charge in [0.1, 0.15) is 0 Å². The van der Waals surface area contributed by atoms with E-state index < -0.39 is 11.2 Å². The number of hydrogen-bond acceptors (Lipinski definition) is 4. The van der Waals surface area contributed by atoms with Gasteiger partial charge < -0.3 is 4.42 Å². The smallest absolute Gasteiger partial charge is 0.334 e. The second kappa shape index (κ2) is 6.09. The minimum absolute atomic E-state index is 0.325. The number of hydrogen-bond donors (Lipinski definition) is 1. The van der Waals surface area contributed by atoms with Crippen molar-refractivity contribution in [2.24, 2.45) is 0 Å². The lowest BCUT2D eigenvalue weighted by molar-refractivity contribution is 0.588. The number of benzene rings is 2. The molecule has 0 fully saturated rings. The fourth-order valence-corrected chi connectivity index (χ4v) is 2.54. The summed E-state index contributed by atoms with van der Waals surface area (Å²) in [6.45, 7) is 0. The molecule has 0 amide bonds. The van der Waals surface area contributed by atoms with Crippen molar-refractivity contribution in [3.8, 4) is 28.6 Å². The maximum atomic E-state index is 12.2. The summed E-state index contributed by atoms with van der Waals surface area (Å²) in [4.78, 5) is 30.3. The third kappa shape index (κ3) is 2.81. The zero-order valence-corrected chi connectivity index (χ0v) is 13.0. The number of nitrogens with one attached hydrogen (secondary N) is 1. The van der Waals surface area contributed by atoms with E-state index in [0.29, 0.717) is 17.5 Å². The van der Waals surface area contributed by atoms with E-state index >= 15 is 0 Å². The summed E-state index contributed by atoms with van der Waals surface area (Å²) in [5, 5.41) is 0. The van der Waals surface area contributed by atoms with Crippen LogP contribution in [0, 0.1) is 0 Å². The number of rotatable bonds is 3. The summed E-state index contributed by atoms with van der Waals surface area (Å²) in [7, 11) is 0. The zero-order valence-electron chi connectivity index (χ0n) is 13.0. The summed E-state index contributed by atoms with van der Waals surface area (Å²) >= 11 is 0. The average Bonchev–Trinajstić information content (AvgIpc) is 3.08. The number of oxazole rings is 1. The predicted molar refractivity (Wildman–Crippen MR) is 93.6 cm³/mol. The van der Waals surface area contributed by atoms with E-state index in [1.165, 1.54) is 16.8 Å². The largest absolute Gasteiger partial charge is 0.434 e. The Morgan fingerprint density at radius 2 is 1.48 bits per heavy atom. The fourth-order valence-electron chi connectivity index (χ4n) is 2.54. The molecule has 2 heterocycles. The van der Waals surface area contributed by atoms with Gasteiger partial charge in [-0.05, 0) is 12.1 Å². The maximum absolute atomic E-state index is 12.2. The predicted octanol–water partition coefficient (Wildman–Crippen LogP) is 2.85. The molecule has 2 aromatic carbocycles. The van der Waals surface area contributed by atoms with E-state index in [4.69, 9.17) is 4.42 Å². The molecule has 1 N–H and O–H groups in total. The molecule has 2 aromatic heterocycles. The van der Waals surface area contributed by atoms with Gasteiger partial charge in [-0.1, -0.05) is 48.5 Å². The molecule has 6 heteroatoms. The van der Waals surface area contributed by atoms with Gasteiger partial charge in [-0.15, -0.1) is 0 Å². The first-order valence-electron chi connectivity index (χ1n) is 7.66. The molecule has 4 rings (SSSR count). The van der Waals surface area contributed by atoms with Gasteiger partial charge in [0, 0.05) is 23.4 Å². The molecule has 0 aliphatic carbocycles. The third-order valence-corrected chi connectivity index (χ3v) is 3.72. The van der Waals surface area contributed by atoms with Crippen molar-refractivity contribution in [2.45, 2.75) is 0 Å². The molecule has 25 heavy (non-hydrogen) atoms. The average molecular weight is 331 g/mol. The van der Waals surface area contributed by atoms with Gasteiger partial charge in [-0.2, -0.15) is 4.98 Å². The molecular weight excluding hydrogens is 318 g/mol. The van der Waals surface area contributed by atoms with Crippen molar-refractivity contribution >= 4 is 0 Å². The molecule has 0 aliphatic rings. The molecule has 0 radical (unpaired) electrons. The van der Waals surface area contributed by atoms with Gasteiger partial charge in [0.15, 0.2) is 11.6 Å². The van der Waals surface area contributed by atoms with E-state index in [1.807, 2.05) is 60.7 Å². The lowest BCUT2D eigenvalue weighted by atomic mass is 10.2. The van der Waals surface area contributed by atoms with Crippen LogP contribution < -0.4 is 11.2 Å². The molecule has 6 nitrogen and oxygen atoms in total. The van der Waals surface area contributed by atoms with Crippen LogP contribution in [0.5, 0.6) is 0 Å². The highest BCUT2D eigenvalue weighted by Crippen LogP contribution is 2.31. The van der Waals surface area contributed by atoms with Gasteiger partial charge in [-0.25, -0.2) is 9.36 Å². The van der Waals surface area contributed by atoms with E-state index in [-0.39, 0.29) is 0 Å². The van der Waals surface area contributed by atoms with Crippen LogP contribution in [-0.4, -0.2) is 14.5 Å². The first kappa shape index (κ1) is 14.9. The summed E-state index contributed by atoms with van der Waals surface area (Å²) in [6, 6.07) is 20.1. The Balaban J connectivity index is 1.97. The molecule has 0 aliphatic heterocycles. The van der Waals surface area contributed by atoms with Gasteiger partial charge in [-0.3, -0.25) is 9.78 Å². The van der Waals surface area contributed by atoms with Crippen LogP contribution >= 0.6 is 0 Å². The minimum atomic E-state index is -0.572. The van der Waals surface area contributed by atoms with Crippen molar-refractivity contribution in [3.63, 3.8) is 0 Å². The Labute approximate surface area is 142 Å². The monoisotopic (exact) mass is 331 g/mol. The Morgan fingerprint density at radius 1 is 0.840 bits per heavy atom. The summed E-state index contributed by atoms with van der Waals surface area (Å²) in [6.07, 6.45) is 1.39.